The van der Waals surface area contributed by atoms with Crippen molar-refractivity contribution >= 4 is 55.4 Å². The number of halogens is 2. The van der Waals surface area contributed by atoms with Crippen molar-refractivity contribution in [2.45, 2.75) is 4.90 Å². The van der Waals surface area contributed by atoms with Crippen molar-refractivity contribution in [3.63, 3.8) is 0 Å². The van der Waals surface area contributed by atoms with Crippen molar-refractivity contribution in [1.82, 2.24) is 4.98 Å². The van der Waals surface area contributed by atoms with Gasteiger partial charge in [0, 0.05) is 16.6 Å². The van der Waals surface area contributed by atoms with Crippen LogP contribution in [-0.4, -0.2) is 13.4 Å². The van der Waals surface area contributed by atoms with Gasteiger partial charge in [-0.3, -0.25) is 4.72 Å². The van der Waals surface area contributed by atoms with Gasteiger partial charge in [0.2, 0.25) is 0 Å². The van der Waals surface area contributed by atoms with E-state index in [4.69, 9.17) is 28.9 Å². The number of aromatic nitrogens is 1. The molecule has 5 nitrogen and oxygen atoms in total. The molecule has 0 unspecified atom stereocenters. The largest absolute Gasteiger partial charge is 0.398 e. The van der Waals surface area contributed by atoms with Crippen molar-refractivity contribution < 1.29 is 8.42 Å². The van der Waals surface area contributed by atoms with E-state index in [-0.39, 0.29) is 25.8 Å². The fourth-order valence-electron chi connectivity index (χ4n) is 1.30. The lowest BCUT2D eigenvalue weighted by atomic mass is 10.3. The summed E-state index contributed by atoms with van der Waals surface area (Å²) in [5.74, 6) is 0. The van der Waals surface area contributed by atoms with Crippen LogP contribution < -0.4 is 10.5 Å². The van der Waals surface area contributed by atoms with Crippen molar-refractivity contribution in [2.75, 3.05) is 10.5 Å². The molecule has 0 spiro atoms. The molecule has 1 aromatic carbocycles. The predicted molar refractivity (Wildman–Crippen MR) is 73.8 cm³/mol. The zero-order chi connectivity index (χ0) is 13.3. The number of nitrogen functional groups attached to an aromatic ring is 1. The topological polar surface area (TPSA) is 85.1 Å². The quantitative estimate of drug-likeness (QED) is 0.850. The average Bonchev–Trinajstić information content (AvgIpc) is 2.66. The molecule has 3 N–H and O–H groups in total. The first kappa shape index (κ1) is 13.4. The van der Waals surface area contributed by atoms with E-state index >= 15 is 0 Å². The number of hydrogen-bond acceptors (Lipinski definition) is 5. The molecule has 0 atom stereocenters. The van der Waals surface area contributed by atoms with Gasteiger partial charge in [-0.15, -0.1) is 11.3 Å². The standard InChI is InChI=1S/C9H7Cl2N3O2S2/c10-5-3-6(11)8(7(12)4-5)18(15,16)14-9-13-1-2-17-9/h1-4H,12H2,(H,13,14). The van der Waals surface area contributed by atoms with Crippen LogP contribution in [0.2, 0.25) is 10.0 Å². The van der Waals surface area contributed by atoms with Gasteiger partial charge in [-0.05, 0) is 12.1 Å². The molecular weight excluding hydrogens is 317 g/mol. The van der Waals surface area contributed by atoms with Crippen LogP contribution in [0.4, 0.5) is 10.8 Å². The monoisotopic (exact) mass is 323 g/mol. The Morgan fingerprint density at radius 1 is 1.33 bits per heavy atom. The first-order valence-corrected chi connectivity index (χ1v) is 7.69. The number of nitrogens with one attached hydrogen (secondary N) is 1. The molecule has 0 saturated heterocycles. The van der Waals surface area contributed by atoms with Crippen LogP contribution in [0.1, 0.15) is 0 Å². The number of thiazole rings is 1. The van der Waals surface area contributed by atoms with Crippen molar-refractivity contribution in [3.05, 3.63) is 33.8 Å². The third kappa shape index (κ3) is 2.69. The van der Waals surface area contributed by atoms with Gasteiger partial charge in [0.05, 0.1) is 10.7 Å². The minimum absolute atomic E-state index is 0.0171. The van der Waals surface area contributed by atoms with Crippen LogP contribution in [-0.2, 0) is 10.0 Å². The van der Waals surface area contributed by atoms with Gasteiger partial charge in [0.15, 0.2) is 5.13 Å². The molecule has 0 aliphatic carbocycles. The van der Waals surface area contributed by atoms with Gasteiger partial charge < -0.3 is 5.73 Å². The Kier molecular flexibility index (Phi) is 3.67. The number of nitrogens with zero attached hydrogens (tertiary/aromatic N) is 1. The summed E-state index contributed by atoms with van der Waals surface area (Å²) in [5.41, 5.74) is 5.62. The highest BCUT2D eigenvalue weighted by molar-refractivity contribution is 7.93. The molecule has 0 fully saturated rings. The van der Waals surface area contributed by atoms with E-state index in [1.165, 1.54) is 18.3 Å². The molecular formula is C9H7Cl2N3O2S2. The van der Waals surface area contributed by atoms with Crippen LogP contribution >= 0.6 is 34.5 Å². The second kappa shape index (κ2) is 4.93. The van der Waals surface area contributed by atoms with Crippen molar-refractivity contribution in [1.29, 1.82) is 0 Å². The van der Waals surface area contributed by atoms with Crippen molar-refractivity contribution in [2.24, 2.45) is 0 Å². The third-order valence-electron chi connectivity index (χ3n) is 1.96. The Bertz CT molecular complexity index is 648. The normalized spacial score (nSPS) is 11.4. The maximum absolute atomic E-state index is 12.1. The maximum atomic E-state index is 12.1. The molecule has 18 heavy (non-hydrogen) atoms. The summed E-state index contributed by atoms with van der Waals surface area (Å²) in [7, 11) is -3.88. The molecule has 0 saturated carbocycles. The van der Waals surface area contributed by atoms with Gasteiger partial charge in [-0.25, -0.2) is 13.4 Å². The number of sulfonamides is 1. The van der Waals surface area contributed by atoms with Crippen LogP contribution in [0.25, 0.3) is 0 Å². The Hall–Kier alpha value is -1.02. The van der Waals surface area contributed by atoms with Crippen LogP contribution in [0, 0.1) is 0 Å². The zero-order valence-corrected chi connectivity index (χ0v) is 11.9. The third-order valence-corrected chi connectivity index (χ3v) is 4.86. The van der Waals surface area contributed by atoms with E-state index in [1.807, 2.05) is 0 Å². The first-order chi connectivity index (χ1) is 8.40. The minimum atomic E-state index is -3.88. The van der Waals surface area contributed by atoms with E-state index in [9.17, 15) is 8.42 Å². The second-order valence-electron chi connectivity index (χ2n) is 3.25. The highest BCUT2D eigenvalue weighted by atomic mass is 35.5. The van der Waals surface area contributed by atoms with E-state index in [0.717, 1.165) is 11.3 Å². The lowest BCUT2D eigenvalue weighted by Gasteiger charge is -2.10. The fraction of sp³-hybridized carbons (Fsp3) is 0. The van der Waals surface area contributed by atoms with Gasteiger partial charge in [0.25, 0.3) is 10.0 Å². The molecule has 0 radical (unpaired) electrons. The summed E-state index contributed by atoms with van der Waals surface area (Å²) >= 11 is 12.7. The number of nitrogens with two attached hydrogens (primary N) is 1. The zero-order valence-electron chi connectivity index (χ0n) is 8.72. The lowest BCUT2D eigenvalue weighted by Crippen LogP contribution is -2.15. The molecule has 9 heteroatoms. The molecule has 0 aliphatic heterocycles. The summed E-state index contributed by atoms with van der Waals surface area (Å²) in [6.07, 6.45) is 1.48. The summed E-state index contributed by atoms with van der Waals surface area (Å²) < 4.78 is 26.5. The number of anilines is 2. The highest BCUT2D eigenvalue weighted by Crippen LogP contribution is 2.32. The van der Waals surface area contributed by atoms with E-state index in [1.54, 1.807) is 5.38 Å². The van der Waals surface area contributed by atoms with E-state index in [0.29, 0.717) is 0 Å². The van der Waals surface area contributed by atoms with E-state index < -0.39 is 10.0 Å². The molecule has 0 amide bonds. The van der Waals surface area contributed by atoms with Gasteiger partial charge in [0.1, 0.15) is 4.90 Å². The summed E-state index contributed by atoms with van der Waals surface area (Å²) in [4.78, 5) is 3.62. The molecule has 2 rings (SSSR count). The number of rotatable bonds is 3. The van der Waals surface area contributed by atoms with Gasteiger partial charge >= 0.3 is 0 Å². The second-order valence-corrected chi connectivity index (χ2v) is 6.61. The first-order valence-electron chi connectivity index (χ1n) is 4.57. The smallest absolute Gasteiger partial charge is 0.267 e. The minimum Gasteiger partial charge on any atom is -0.398 e. The van der Waals surface area contributed by atoms with Crippen LogP contribution in [0.3, 0.4) is 0 Å². The van der Waals surface area contributed by atoms with Crippen LogP contribution in [0.5, 0.6) is 0 Å². The van der Waals surface area contributed by atoms with E-state index in [2.05, 4.69) is 9.71 Å². The Balaban J connectivity index is 2.48. The molecule has 0 bridgehead atoms. The summed E-state index contributed by atoms with van der Waals surface area (Å²) in [6, 6.07) is 2.64. The highest BCUT2D eigenvalue weighted by Gasteiger charge is 2.22. The molecule has 2 aromatic rings. The Morgan fingerprint density at radius 3 is 2.61 bits per heavy atom. The fourth-order valence-corrected chi connectivity index (χ4v) is 4.08. The predicted octanol–water partition coefficient (Wildman–Crippen LogP) is 2.83. The molecule has 1 heterocycles. The summed E-state index contributed by atoms with van der Waals surface area (Å²) in [6.45, 7) is 0. The maximum Gasteiger partial charge on any atom is 0.267 e. The van der Waals surface area contributed by atoms with Gasteiger partial charge in [-0.1, -0.05) is 23.2 Å². The SMILES string of the molecule is Nc1cc(Cl)cc(Cl)c1S(=O)(=O)Nc1nccs1. The number of hydrogen-bond donors (Lipinski definition) is 2. The number of benzene rings is 1. The van der Waals surface area contributed by atoms with Gasteiger partial charge in [-0.2, -0.15) is 0 Å². The average molecular weight is 324 g/mol. The molecule has 96 valence electrons. The molecule has 0 aliphatic rings. The van der Waals surface area contributed by atoms with Crippen molar-refractivity contribution in [3.8, 4) is 0 Å². The Morgan fingerprint density at radius 2 is 2.06 bits per heavy atom. The summed E-state index contributed by atoms with van der Waals surface area (Å²) in [5, 5.41) is 2.11. The Labute approximate surface area is 118 Å². The van der Waals surface area contributed by atoms with Crippen LogP contribution in [0.15, 0.2) is 28.6 Å². The molecule has 1 aromatic heterocycles. The lowest BCUT2D eigenvalue weighted by molar-refractivity contribution is 0.601.